The number of nitrogens with zero attached hydrogens (tertiary/aromatic N) is 1. The summed E-state index contributed by atoms with van der Waals surface area (Å²) < 4.78 is 10.8. The zero-order chi connectivity index (χ0) is 13.3. The zero-order valence-electron chi connectivity index (χ0n) is 11.4. The summed E-state index contributed by atoms with van der Waals surface area (Å²) in [6.07, 6.45) is 0.639. The molecule has 1 heterocycles. The number of oxazole rings is 1. The van der Waals surface area contributed by atoms with Crippen molar-refractivity contribution < 1.29 is 9.15 Å². The third-order valence-corrected chi connectivity index (χ3v) is 3.15. The van der Waals surface area contributed by atoms with Gasteiger partial charge in [-0.15, -0.1) is 0 Å². The lowest BCUT2D eigenvalue weighted by molar-refractivity contribution is 0.303. The minimum Gasteiger partial charge on any atom is -0.497 e. The molecule has 0 fully saturated rings. The highest BCUT2D eigenvalue weighted by Gasteiger charge is 2.23. The Morgan fingerprint density at radius 1 is 1.39 bits per heavy atom. The van der Waals surface area contributed by atoms with Crippen molar-refractivity contribution in [2.75, 3.05) is 7.11 Å². The molecule has 1 aromatic heterocycles. The number of benzene rings is 1. The van der Waals surface area contributed by atoms with E-state index < -0.39 is 0 Å². The Bertz CT molecular complexity index is 540. The number of ether oxygens (including phenoxy) is 1. The molecule has 2 N–H and O–H groups in total. The van der Waals surface area contributed by atoms with Gasteiger partial charge in [0, 0.05) is 18.5 Å². The molecule has 0 amide bonds. The molecule has 4 heteroatoms. The summed E-state index contributed by atoms with van der Waals surface area (Å²) in [6, 6.07) is 5.62. The Morgan fingerprint density at radius 2 is 2.11 bits per heavy atom. The van der Waals surface area contributed by atoms with Crippen LogP contribution in [0.15, 0.2) is 22.6 Å². The topological polar surface area (TPSA) is 61.3 Å². The van der Waals surface area contributed by atoms with Crippen LogP contribution in [0.1, 0.15) is 26.7 Å². The van der Waals surface area contributed by atoms with Gasteiger partial charge in [-0.05, 0) is 17.5 Å². The molecule has 1 aromatic carbocycles. The Kier molecular flexibility index (Phi) is 3.30. The number of aromatic nitrogens is 1. The lowest BCUT2D eigenvalue weighted by atomic mass is 9.85. The molecule has 18 heavy (non-hydrogen) atoms. The highest BCUT2D eigenvalue weighted by Crippen LogP contribution is 2.24. The number of nitrogens with two attached hydrogens (primary N) is 1. The van der Waals surface area contributed by atoms with E-state index in [1.54, 1.807) is 7.11 Å². The van der Waals surface area contributed by atoms with Crippen LogP contribution in [-0.4, -0.2) is 18.1 Å². The van der Waals surface area contributed by atoms with Crippen LogP contribution in [0.5, 0.6) is 5.75 Å². The fraction of sp³-hybridized carbons (Fsp3) is 0.500. The van der Waals surface area contributed by atoms with Gasteiger partial charge in [0.05, 0.1) is 7.11 Å². The average Bonchev–Trinajstić information content (AvgIpc) is 2.68. The van der Waals surface area contributed by atoms with E-state index in [1.165, 1.54) is 0 Å². The third-order valence-electron chi connectivity index (χ3n) is 3.15. The van der Waals surface area contributed by atoms with E-state index in [9.17, 15) is 0 Å². The average molecular weight is 248 g/mol. The molecule has 0 aliphatic heterocycles. The van der Waals surface area contributed by atoms with E-state index >= 15 is 0 Å². The van der Waals surface area contributed by atoms with Gasteiger partial charge in [0.15, 0.2) is 11.5 Å². The molecular formula is C14H20N2O2. The summed E-state index contributed by atoms with van der Waals surface area (Å²) >= 11 is 0. The normalized spacial score (nSPS) is 13.8. The molecule has 2 aromatic rings. The molecular weight excluding hydrogens is 228 g/mol. The summed E-state index contributed by atoms with van der Waals surface area (Å²) in [5, 5.41) is 0. The first kappa shape index (κ1) is 12.9. The van der Waals surface area contributed by atoms with E-state index in [1.807, 2.05) is 18.2 Å². The molecule has 0 aliphatic carbocycles. The van der Waals surface area contributed by atoms with Crippen LogP contribution in [-0.2, 0) is 6.42 Å². The van der Waals surface area contributed by atoms with Crippen molar-refractivity contribution in [1.82, 2.24) is 4.98 Å². The number of methoxy groups -OCH3 is 1. The molecule has 1 atom stereocenters. The van der Waals surface area contributed by atoms with Crippen LogP contribution >= 0.6 is 0 Å². The van der Waals surface area contributed by atoms with Gasteiger partial charge >= 0.3 is 0 Å². The zero-order valence-corrected chi connectivity index (χ0v) is 11.4. The maximum Gasteiger partial charge on any atom is 0.197 e. The lowest BCUT2D eigenvalue weighted by Gasteiger charge is -2.25. The van der Waals surface area contributed by atoms with E-state index in [0.717, 1.165) is 16.8 Å². The predicted molar refractivity (Wildman–Crippen MR) is 71.7 cm³/mol. The van der Waals surface area contributed by atoms with Crippen molar-refractivity contribution in [2.45, 2.75) is 33.2 Å². The quantitative estimate of drug-likeness (QED) is 0.907. The van der Waals surface area contributed by atoms with Gasteiger partial charge in [-0.2, -0.15) is 0 Å². The Balaban J connectivity index is 2.25. The number of hydrogen-bond donors (Lipinski definition) is 1. The predicted octanol–water partition coefficient (Wildman–Crippen LogP) is 2.75. The van der Waals surface area contributed by atoms with Crippen LogP contribution in [0.3, 0.4) is 0 Å². The van der Waals surface area contributed by atoms with Crippen molar-refractivity contribution in [3.63, 3.8) is 0 Å². The van der Waals surface area contributed by atoms with Crippen LogP contribution in [0, 0.1) is 5.41 Å². The largest absolute Gasteiger partial charge is 0.497 e. The summed E-state index contributed by atoms with van der Waals surface area (Å²) in [7, 11) is 1.64. The monoisotopic (exact) mass is 248 g/mol. The summed E-state index contributed by atoms with van der Waals surface area (Å²) in [5.41, 5.74) is 7.76. The van der Waals surface area contributed by atoms with Crippen LogP contribution < -0.4 is 10.5 Å². The summed E-state index contributed by atoms with van der Waals surface area (Å²) in [6.45, 7) is 6.34. The highest BCUT2D eigenvalue weighted by molar-refractivity contribution is 5.74. The molecule has 0 saturated carbocycles. The molecule has 98 valence electrons. The molecule has 0 aliphatic rings. The molecule has 2 rings (SSSR count). The van der Waals surface area contributed by atoms with Gasteiger partial charge < -0.3 is 14.9 Å². The molecule has 0 saturated heterocycles. The van der Waals surface area contributed by atoms with Crippen LogP contribution in [0.4, 0.5) is 0 Å². The van der Waals surface area contributed by atoms with Crippen molar-refractivity contribution in [1.29, 1.82) is 0 Å². The Morgan fingerprint density at radius 3 is 2.72 bits per heavy atom. The highest BCUT2D eigenvalue weighted by atomic mass is 16.5. The second-order valence-corrected chi connectivity index (χ2v) is 5.62. The first-order chi connectivity index (χ1) is 8.40. The SMILES string of the molecule is COc1ccc2oc(CC(N)C(C)(C)C)nc2c1. The van der Waals surface area contributed by atoms with E-state index in [0.29, 0.717) is 12.3 Å². The van der Waals surface area contributed by atoms with Crippen molar-refractivity contribution in [3.05, 3.63) is 24.1 Å². The smallest absolute Gasteiger partial charge is 0.197 e. The van der Waals surface area contributed by atoms with Gasteiger partial charge in [-0.1, -0.05) is 20.8 Å². The van der Waals surface area contributed by atoms with Gasteiger partial charge in [0.2, 0.25) is 0 Å². The van der Waals surface area contributed by atoms with E-state index in [4.69, 9.17) is 14.9 Å². The minimum absolute atomic E-state index is 0.0208. The summed E-state index contributed by atoms with van der Waals surface area (Å²) in [5.74, 6) is 1.46. The molecule has 0 radical (unpaired) electrons. The molecule has 0 spiro atoms. The number of hydrogen-bond acceptors (Lipinski definition) is 4. The van der Waals surface area contributed by atoms with Crippen molar-refractivity contribution >= 4 is 11.1 Å². The lowest BCUT2D eigenvalue weighted by Crippen LogP contribution is -2.36. The van der Waals surface area contributed by atoms with E-state index in [2.05, 4.69) is 25.8 Å². The third kappa shape index (κ3) is 2.64. The standard InChI is InChI=1S/C14H20N2O2/c1-14(2,3)12(15)8-13-16-10-7-9(17-4)5-6-11(10)18-13/h5-7,12H,8,15H2,1-4H3. The first-order valence-electron chi connectivity index (χ1n) is 6.09. The van der Waals surface area contributed by atoms with Crippen LogP contribution in [0.25, 0.3) is 11.1 Å². The number of fused-ring (bicyclic) bond motifs is 1. The Hall–Kier alpha value is -1.55. The van der Waals surface area contributed by atoms with Gasteiger partial charge in [-0.3, -0.25) is 0 Å². The second kappa shape index (κ2) is 4.61. The van der Waals surface area contributed by atoms with Gasteiger partial charge in [0.1, 0.15) is 11.3 Å². The minimum atomic E-state index is 0.0208. The maximum absolute atomic E-state index is 6.14. The molecule has 4 nitrogen and oxygen atoms in total. The Labute approximate surface area is 107 Å². The van der Waals surface area contributed by atoms with Crippen molar-refractivity contribution in [2.24, 2.45) is 11.1 Å². The second-order valence-electron chi connectivity index (χ2n) is 5.62. The molecule has 0 bridgehead atoms. The maximum atomic E-state index is 6.14. The fourth-order valence-electron chi connectivity index (χ4n) is 1.66. The van der Waals surface area contributed by atoms with Crippen molar-refractivity contribution in [3.8, 4) is 5.75 Å². The molecule has 1 unspecified atom stereocenters. The first-order valence-corrected chi connectivity index (χ1v) is 6.09. The van der Waals surface area contributed by atoms with E-state index in [-0.39, 0.29) is 11.5 Å². The van der Waals surface area contributed by atoms with Gasteiger partial charge in [0.25, 0.3) is 0 Å². The summed E-state index contributed by atoms with van der Waals surface area (Å²) in [4.78, 5) is 4.45. The van der Waals surface area contributed by atoms with Gasteiger partial charge in [-0.25, -0.2) is 4.98 Å². The van der Waals surface area contributed by atoms with Crippen LogP contribution in [0.2, 0.25) is 0 Å². The number of rotatable bonds is 3. The fourth-order valence-corrected chi connectivity index (χ4v) is 1.66.